The minimum atomic E-state index is -1.28. The fraction of sp³-hybridized carbons (Fsp3) is 0.500. The lowest BCUT2D eigenvalue weighted by Crippen LogP contribution is -2.36. The first kappa shape index (κ1) is 12.3. The van der Waals surface area contributed by atoms with E-state index in [-0.39, 0.29) is 12.8 Å². The van der Waals surface area contributed by atoms with Crippen molar-refractivity contribution in [1.29, 1.82) is 0 Å². The smallest absolute Gasteiger partial charge is 0.330 e. The second-order valence-electron chi connectivity index (χ2n) is 3.50. The van der Waals surface area contributed by atoms with Gasteiger partial charge in [0.25, 0.3) is 0 Å². The average molecular weight is 222 g/mol. The number of cyclic esters (lactones) is 1. The van der Waals surface area contributed by atoms with Crippen LogP contribution in [0.5, 0.6) is 0 Å². The second-order valence-corrected chi connectivity index (χ2v) is 3.50. The summed E-state index contributed by atoms with van der Waals surface area (Å²) in [6, 6.07) is 0. The molecule has 86 valence electrons. The number of hydrogen-bond donors (Lipinski definition) is 0. The quantitative estimate of drug-likeness (QED) is 0.402. The Labute approximate surface area is 94.6 Å². The van der Waals surface area contributed by atoms with E-state index in [4.69, 9.17) is 4.74 Å². The fourth-order valence-electron chi connectivity index (χ4n) is 1.58. The molecule has 1 aliphatic rings. The molecule has 4 heteroatoms. The molecule has 1 aliphatic heterocycles. The van der Waals surface area contributed by atoms with Crippen molar-refractivity contribution in [2.75, 3.05) is 7.11 Å². The summed E-state index contributed by atoms with van der Waals surface area (Å²) in [5, 5.41) is 0. The van der Waals surface area contributed by atoms with Gasteiger partial charge in [-0.15, -0.1) is 11.8 Å². The van der Waals surface area contributed by atoms with E-state index in [1.807, 2.05) is 0 Å². The lowest BCUT2D eigenvalue weighted by atomic mass is 9.82. The Balaban J connectivity index is 3.08. The second kappa shape index (κ2) is 4.84. The molecule has 1 atom stereocenters. The molecule has 1 rings (SSSR count). The number of rotatable bonds is 2. The number of carbonyl (C=O) groups is 2. The third-order valence-corrected chi connectivity index (χ3v) is 2.56. The standard InChI is InChI=1S/C12H14O4/c1-4-6-7-12(10(13)15-3)8-9(5-2)16-11(12)14/h5H,7-8H2,1-3H3/b9-5-. The van der Waals surface area contributed by atoms with E-state index in [9.17, 15) is 9.59 Å². The number of ether oxygens (including phenoxy) is 2. The van der Waals surface area contributed by atoms with Gasteiger partial charge in [-0.3, -0.25) is 9.59 Å². The van der Waals surface area contributed by atoms with Crippen LogP contribution in [0.1, 0.15) is 26.7 Å². The highest BCUT2D eigenvalue weighted by Crippen LogP contribution is 2.40. The molecule has 0 spiro atoms. The van der Waals surface area contributed by atoms with Gasteiger partial charge in [0.15, 0.2) is 5.41 Å². The van der Waals surface area contributed by atoms with E-state index in [0.29, 0.717) is 5.76 Å². The number of methoxy groups -OCH3 is 1. The van der Waals surface area contributed by atoms with Gasteiger partial charge < -0.3 is 9.47 Å². The molecule has 0 bridgehead atoms. The highest BCUT2D eigenvalue weighted by Gasteiger charge is 2.53. The topological polar surface area (TPSA) is 52.6 Å². The first-order valence-electron chi connectivity index (χ1n) is 4.96. The van der Waals surface area contributed by atoms with Crippen molar-refractivity contribution in [3.8, 4) is 11.8 Å². The summed E-state index contributed by atoms with van der Waals surface area (Å²) in [6.45, 7) is 3.41. The zero-order chi connectivity index (χ0) is 12.2. The summed E-state index contributed by atoms with van der Waals surface area (Å²) < 4.78 is 9.66. The van der Waals surface area contributed by atoms with Gasteiger partial charge in [0.2, 0.25) is 0 Å². The van der Waals surface area contributed by atoms with E-state index >= 15 is 0 Å². The van der Waals surface area contributed by atoms with E-state index in [0.717, 1.165) is 0 Å². The van der Waals surface area contributed by atoms with Crippen molar-refractivity contribution < 1.29 is 19.1 Å². The van der Waals surface area contributed by atoms with Gasteiger partial charge in [0, 0.05) is 12.8 Å². The molecule has 4 nitrogen and oxygen atoms in total. The summed E-state index contributed by atoms with van der Waals surface area (Å²) in [5.74, 6) is 4.74. The summed E-state index contributed by atoms with van der Waals surface area (Å²) in [7, 11) is 1.25. The van der Waals surface area contributed by atoms with Crippen LogP contribution >= 0.6 is 0 Å². The van der Waals surface area contributed by atoms with Crippen LogP contribution in [0.4, 0.5) is 0 Å². The van der Waals surface area contributed by atoms with E-state index in [1.165, 1.54) is 7.11 Å². The molecule has 0 aromatic heterocycles. The SMILES string of the molecule is CC#CCC1(C(=O)OC)C/C(=C/C)OC1=O. The molecular weight excluding hydrogens is 208 g/mol. The number of allylic oxidation sites excluding steroid dienone is 2. The first-order valence-corrected chi connectivity index (χ1v) is 4.96. The lowest BCUT2D eigenvalue weighted by Gasteiger charge is -2.17. The molecule has 1 fully saturated rings. The van der Waals surface area contributed by atoms with E-state index in [1.54, 1.807) is 19.9 Å². The van der Waals surface area contributed by atoms with Crippen LogP contribution in [0.25, 0.3) is 0 Å². The Morgan fingerprint density at radius 1 is 1.69 bits per heavy atom. The molecule has 0 N–H and O–H groups in total. The summed E-state index contributed by atoms with van der Waals surface area (Å²) in [4.78, 5) is 23.4. The maximum atomic E-state index is 11.7. The maximum absolute atomic E-state index is 11.7. The average Bonchev–Trinajstić information content (AvgIpc) is 2.63. The number of carbonyl (C=O) groups excluding carboxylic acids is 2. The molecule has 0 radical (unpaired) electrons. The minimum absolute atomic E-state index is 0.131. The van der Waals surface area contributed by atoms with E-state index < -0.39 is 17.4 Å². The largest absolute Gasteiger partial charge is 0.468 e. The van der Waals surface area contributed by atoms with Gasteiger partial charge in [0.05, 0.1) is 7.11 Å². The molecule has 0 amide bonds. The predicted octanol–water partition coefficient (Wildman–Crippen LogP) is 1.41. The molecule has 1 unspecified atom stereocenters. The molecular formula is C12H14O4. The molecule has 0 aromatic rings. The van der Waals surface area contributed by atoms with Gasteiger partial charge >= 0.3 is 11.9 Å². The highest BCUT2D eigenvalue weighted by atomic mass is 16.6. The Hall–Kier alpha value is -1.76. The fourth-order valence-corrected chi connectivity index (χ4v) is 1.58. The Morgan fingerprint density at radius 3 is 2.81 bits per heavy atom. The zero-order valence-electron chi connectivity index (χ0n) is 9.62. The van der Waals surface area contributed by atoms with Gasteiger partial charge in [-0.1, -0.05) is 0 Å². The monoisotopic (exact) mass is 222 g/mol. The third kappa shape index (κ3) is 1.94. The normalized spacial score (nSPS) is 25.9. The van der Waals surface area contributed by atoms with Crippen LogP contribution in [0.3, 0.4) is 0 Å². The minimum Gasteiger partial charge on any atom is -0.468 e. The van der Waals surface area contributed by atoms with Crippen molar-refractivity contribution in [3.63, 3.8) is 0 Å². The molecule has 0 saturated carbocycles. The Morgan fingerprint density at radius 2 is 2.38 bits per heavy atom. The lowest BCUT2D eigenvalue weighted by molar-refractivity contribution is -0.162. The van der Waals surface area contributed by atoms with Crippen LogP contribution in [-0.2, 0) is 19.1 Å². The first-order chi connectivity index (χ1) is 7.60. The van der Waals surface area contributed by atoms with Gasteiger partial charge in [-0.2, -0.15) is 0 Å². The van der Waals surface area contributed by atoms with Crippen molar-refractivity contribution in [3.05, 3.63) is 11.8 Å². The van der Waals surface area contributed by atoms with Crippen molar-refractivity contribution in [2.45, 2.75) is 26.7 Å². The molecule has 16 heavy (non-hydrogen) atoms. The van der Waals surface area contributed by atoms with Crippen LogP contribution in [-0.4, -0.2) is 19.0 Å². The molecule has 0 aliphatic carbocycles. The third-order valence-electron chi connectivity index (χ3n) is 2.56. The maximum Gasteiger partial charge on any atom is 0.330 e. The highest BCUT2D eigenvalue weighted by molar-refractivity contribution is 6.02. The Bertz CT molecular complexity index is 397. The predicted molar refractivity (Wildman–Crippen MR) is 57.0 cm³/mol. The molecule has 1 saturated heterocycles. The number of hydrogen-bond acceptors (Lipinski definition) is 4. The summed E-state index contributed by atoms with van der Waals surface area (Å²) >= 11 is 0. The van der Waals surface area contributed by atoms with E-state index in [2.05, 4.69) is 16.6 Å². The molecule has 1 heterocycles. The van der Waals surface area contributed by atoms with Gasteiger partial charge in [-0.05, 0) is 19.9 Å². The number of esters is 2. The van der Waals surface area contributed by atoms with Crippen molar-refractivity contribution in [1.82, 2.24) is 0 Å². The van der Waals surface area contributed by atoms with Gasteiger partial charge in [0.1, 0.15) is 5.76 Å². The summed E-state index contributed by atoms with van der Waals surface area (Å²) in [6.07, 6.45) is 2.03. The van der Waals surface area contributed by atoms with Crippen LogP contribution in [0.2, 0.25) is 0 Å². The van der Waals surface area contributed by atoms with Crippen molar-refractivity contribution in [2.24, 2.45) is 5.41 Å². The van der Waals surface area contributed by atoms with Crippen LogP contribution in [0, 0.1) is 17.3 Å². The van der Waals surface area contributed by atoms with Crippen LogP contribution in [0.15, 0.2) is 11.8 Å². The van der Waals surface area contributed by atoms with Crippen LogP contribution < -0.4 is 0 Å². The molecule has 0 aromatic carbocycles. The Kier molecular flexibility index (Phi) is 3.73. The van der Waals surface area contributed by atoms with Gasteiger partial charge in [-0.25, -0.2) is 0 Å². The summed E-state index contributed by atoms with van der Waals surface area (Å²) in [5.41, 5.74) is -1.28. The zero-order valence-corrected chi connectivity index (χ0v) is 9.62. The van der Waals surface area contributed by atoms with Crippen molar-refractivity contribution >= 4 is 11.9 Å².